The molecule has 1 amide bonds. The molecule has 0 fully saturated rings. The number of amides is 1. The van der Waals surface area contributed by atoms with Crippen LogP contribution >= 0.6 is 0 Å². The van der Waals surface area contributed by atoms with Crippen molar-refractivity contribution in [2.75, 3.05) is 0 Å². The Morgan fingerprint density at radius 2 is 2.06 bits per heavy atom. The maximum Gasteiger partial charge on any atom is 0.433 e. The molecule has 164 valence electrons. The first-order valence-electron chi connectivity index (χ1n) is 9.37. The number of aryl methyl sites for hydroxylation is 2. The molecule has 0 saturated heterocycles. The Labute approximate surface area is 172 Å². The van der Waals surface area contributed by atoms with E-state index in [0.717, 1.165) is 23.1 Å². The van der Waals surface area contributed by atoms with Crippen molar-refractivity contribution in [3.05, 3.63) is 53.2 Å². The van der Waals surface area contributed by atoms with Crippen molar-refractivity contribution in [2.45, 2.75) is 38.0 Å². The molecular formula is C19H17F5N6O. The lowest BCUT2D eigenvalue weighted by molar-refractivity contribution is -0.141. The quantitative estimate of drug-likeness (QED) is 0.625. The van der Waals surface area contributed by atoms with E-state index in [2.05, 4.69) is 20.5 Å². The average Bonchev–Trinajstić information content (AvgIpc) is 3.32. The van der Waals surface area contributed by atoms with Gasteiger partial charge in [-0.2, -0.15) is 23.4 Å². The highest BCUT2D eigenvalue weighted by Crippen LogP contribution is 2.33. The van der Waals surface area contributed by atoms with Gasteiger partial charge in [-0.15, -0.1) is 0 Å². The minimum Gasteiger partial charge on any atom is -0.344 e. The van der Waals surface area contributed by atoms with E-state index in [1.54, 1.807) is 10.7 Å². The molecule has 31 heavy (non-hydrogen) atoms. The molecule has 0 radical (unpaired) electrons. The highest BCUT2D eigenvalue weighted by Gasteiger charge is 2.33. The lowest BCUT2D eigenvalue weighted by Crippen LogP contribution is -2.33. The minimum atomic E-state index is -4.59. The highest BCUT2D eigenvalue weighted by atomic mass is 19.4. The maximum absolute atomic E-state index is 13.3. The highest BCUT2D eigenvalue weighted by molar-refractivity contribution is 5.95. The van der Waals surface area contributed by atoms with Gasteiger partial charge in [0.2, 0.25) is 0 Å². The van der Waals surface area contributed by atoms with Crippen LogP contribution in [0.1, 0.15) is 52.7 Å². The van der Waals surface area contributed by atoms with Gasteiger partial charge in [0.25, 0.3) is 12.3 Å². The first-order valence-corrected chi connectivity index (χ1v) is 9.37. The van der Waals surface area contributed by atoms with Crippen LogP contribution in [-0.4, -0.2) is 30.5 Å². The number of fused-ring (bicyclic) bond motifs is 1. The van der Waals surface area contributed by atoms with Crippen LogP contribution in [0.4, 0.5) is 22.0 Å². The van der Waals surface area contributed by atoms with Gasteiger partial charge in [-0.1, -0.05) is 0 Å². The second-order valence-corrected chi connectivity index (χ2v) is 7.14. The third-order valence-electron chi connectivity index (χ3n) is 5.12. The van der Waals surface area contributed by atoms with Crippen molar-refractivity contribution >= 4 is 5.91 Å². The Balaban J connectivity index is 1.61. The van der Waals surface area contributed by atoms with Crippen molar-refractivity contribution in [2.24, 2.45) is 7.05 Å². The molecule has 4 heterocycles. The Bertz CT molecular complexity index is 1120. The summed E-state index contributed by atoms with van der Waals surface area (Å²) in [5, 5.41) is 10.8. The van der Waals surface area contributed by atoms with Crippen molar-refractivity contribution in [3.63, 3.8) is 0 Å². The zero-order valence-electron chi connectivity index (χ0n) is 16.2. The molecule has 4 rings (SSSR count). The van der Waals surface area contributed by atoms with E-state index in [-0.39, 0.29) is 11.1 Å². The minimum absolute atomic E-state index is 0.224. The Morgan fingerprint density at radius 1 is 1.29 bits per heavy atom. The molecule has 3 aromatic heterocycles. The van der Waals surface area contributed by atoms with Gasteiger partial charge in [-0.3, -0.25) is 19.1 Å². The fourth-order valence-corrected chi connectivity index (χ4v) is 3.63. The second-order valence-electron chi connectivity index (χ2n) is 7.14. The molecule has 0 saturated carbocycles. The molecule has 0 aliphatic carbocycles. The summed E-state index contributed by atoms with van der Waals surface area (Å²) < 4.78 is 68.0. The molecule has 12 heteroatoms. The van der Waals surface area contributed by atoms with E-state index >= 15 is 0 Å². The normalized spacial score (nSPS) is 16.4. The number of aromatic nitrogens is 5. The number of hydrogen-bond donors (Lipinski definition) is 1. The third kappa shape index (κ3) is 4.01. The van der Waals surface area contributed by atoms with Gasteiger partial charge in [-0.05, 0) is 31.0 Å². The maximum atomic E-state index is 13.3. The fraction of sp³-hybridized carbons (Fsp3) is 0.368. The Kier molecular flexibility index (Phi) is 5.23. The van der Waals surface area contributed by atoms with Crippen LogP contribution in [0.3, 0.4) is 0 Å². The van der Waals surface area contributed by atoms with Crippen molar-refractivity contribution in [1.82, 2.24) is 29.9 Å². The summed E-state index contributed by atoms with van der Waals surface area (Å²) in [6.45, 7) is 0.522. The van der Waals surface area contributed by atoms with Gasteiger partial charge < -0.3 is 5.32 Å². The van der Waals surface area contributed by atoms with Crippen molar-refractivity contribution in [3.8, 4) is 11.3 Å². The summed E-state index contributed by atoms with van der Waals surface area (Å²) in [5.74, 6) is -0.701. The van der Waals surface area contributed by atoms with Gasteiger partial charge in [0, 0.05) is 25.4 Å². The predicted octanol–water partition coefficient (Wildman–Crippen LogP) is 3.90. The summed E-state index contributed by atoms with van der Waals surface area (Å²) in [4.78, 5) is 16.0. The number of alkyl halides is 5. The molecule has 1 aliphatic heterocycles. The van der Waals surface area contributed by atoms with Gasteiger partial charge >= 0.3 is 6.18 Å². The number of hydrogen-bond acceptors (Lipinski definition) is 4. The zero-order valence-corrected chi connectivity index (χ0v) is 16.2. The number of carbonyl (C=O) groups excluding carboxylic acids is 1. The number of nitrogens with one attached hydrogen (secondary N) is 1. The van der Waals surface area contributed by atoms with E-state index in [1.807, 2.05) is 0 Å². The molecule has 7 nitrogen and oxygen atoms in total. The van der Waals surface area contributed by atoms with E-state index < -0.39 is 35.9 Å². The summed E-state index contributed by atoms with van der Waals surface area (Å²) in [7, 11) is 1.32. The largest absolute Gasteiger partial charge is 0.433 e. The first kappa shape index (κ1) is 20.9. The van der Waals surface area contributed by atoms with Crippen LogP contribution in [-0.2, 0) is 19.8 Å². The standard InChI is InChI=1S/C19H17F5N6O/c1-29-16(17(20)21)11(9-26-29)18(31)27-12-3-2-6-30-14(12)8-13(28-30)10-4-5-25-15(7-10)19(22,23)24/h4-5,7-9,12,17H,2-3,6H2,1H3,(H,27,31). The number of pyridine rings is 1. The smallest absolute Gasteiger partial charge is 0.344 e. The van der Waals surface area contributed by atoms with E-state index in [1.165, 1.54) is 13.1 Å². The van der Waals surface area contributed by atoms with E-state index in [4.69, 9.17) is 0 Å². The van der Waals surface area contributed by atoms with Gasteiger partial charge in [0.15, 0.2) is 0 Å². The Hall–Kier alpha value is -3.31. The second kappa shape index (κ2) is 7.75. The molecule has 1 unspecified atom stereocenters. The van der Waals surface area contributed by atoms with Crippen molar-refractivity contribution < 1.29 is 26.7 Å². The van der Waals surface area contributed by atoms with Gasteiger partial charge in [0.1, 0.15) is 11.4 Å². The third-order valence-corrected chi connectivity index (χ3v) is 5.12. The molecule has 1 N–H and O–H groups in total. The monoisotopic (exact) mass is 440 g/mol. The van der Waals surface area contributed by atoms with Crippen molar-refractivity contribution in [1.29, 1.82) is 0 Å². The molecule has 0 spiro atoms. The number of rotatable bonds is 4. The lowest BCUT2D eigenvalue weighted by atomic mass is 10.0. The molecule has 3 aromatic rings. The van der Waals surface area contributed by atoms with E-state index in [9.17, 15) is 26.7 Å². The van der Waals surface area contributed by atoms with Crippen LogP contribution < -0.4 is 5.32 Å². The number of halogens is 5. The van der Waals surface area contributed by atoms with E-state index in [0.29, 0.717) is 30.8 Å². The summed E-state index contributed by atoms with van der Waals surface area (Å²) in [5.41, 5.74) is -0.614. The SMILES string of the molecule is Cn1ncc(C(=O)NC2CCCn3nc(-c4ccnc(C(F)(F)F)c4)cc32)c1C(F)F. The lowest BCUT2D eigenvalue weighted by Gasteiger charge is -2.24. The first-order chi connectivity index (χ1) is 14.6. The Morgan fingerprint density at radius 3 is 2.77 bits per heavy atom. The fourth-order valence-electron chi connectivity index (χ4n) is 3.63. The predicted molar refractivity (Wildman–Crippen MR) is 98.1 cm³/mol. The molecular weight excluding hydrogens is 423 g/mol. The molecule has 1 atom stereocenters. The molecule has 1 aliphatic rings. The van der Waals surface area contributed by atoms with Gasteiger partial charge in [0.05, 0.1) is 29.2 Å². The molecule has 0 aromatic carbocycles. The van der Waals surface area contributed by atoms with Crippen LogP contribution in [0.15, 0.2) is 30.6 Å². The molecule has 0 bridgehead atoms. The topological polar surface area (TPSA) is 77.6 Å². The van der Waals surface area contributed by atoms with Crippen LogP contribution in [0.2, 0.25) is 0 Å². The van der Waals surface area contributed by atoms with Crippen LogP contribution in [0.25, 0.3) is 11.3 Å². The van der Waals surface area contributed by atoms with Gasteiger partial charge in [-0.25, -0.2) is 8.78 Å². The average molecular weight is 440 g/mol. The summed E-state index contributed by atoms with van der Waals surface area (Å²) in [6, 6.07) is 3.39. The number of carbonyl (C=O) groups is 1. The number of nitrogens with zero attached hydrogens (tertiary/aromatic N) is 5. The summed E-state index contributed by atoms with van der Waals surface area (Å²) in [6.07, 6.45) is -4.13. The summed E-state index contributed by atoms with van der Waals surface area (Å²) >= 11 is 0. The van der Waals surface area contributed by atoms with Crippen LogP contribution in [0.5, 0.6) is 0 Å². The van der Waals surface area contributed by atoms with Crippen LogP contribution in [0, 0.1) is 0 Å². The zero-order chi connectivity index (χ0) is 22.3.